The van der Waals surface area contributed by atoms with Crippen molar-refractivity contribution in [2.24, 2.45) is 0 Å². The lowest BCUT2D eigenvalue weighted by atomic mass is 9.75. The number of anilines is 1. The summed E-state index contributed by atoms with van der Waals surface area (Å²) in [6.45, 7) is 1.05. The number of benzene rings is 2. The minimum atomic E-state index is -0.650. The highest BCUT2D eigenvalue weighted by Crippen LogP contribution is 2.43. The van der Waals surface area contributed by atoms with Gasteiger partial charge in [-0.05, 0) is 36.6 Å². The fraction of sp³-hybridized carbons (Fsp3) is 0.227. The molecule has 0 saturated carbocycles. The molecule has 1 N–H and O–H groups in total. The Morgan fingerprint density at radius 3 is 2.85 bits per heavy atom. The molecule has 0 aliphatic carbocycles. The third-order valence-corrected chi connectivity index (χ3v) is 5.77. The van der Waals surface area contributed by atoms with E-state index in [1.807, 2.05) is 59.5 Å². The highest BCUT2D eigenvalue weighted by molar-refractivity contribution is 6.08. The Morgan fingerprint density at radius 1 is 1.07 bits per heavy atom. The smallest absolute Gasteiger partial charge is 0.256 e. The lowest BCUT2D eigenvalue weighted by Gasteiger charge is -2.39. The summed E-state index contributed by atoms with van der Waals surface area (Å²) in [4.78, 5) is 32.4. The van der Waals surface area contributed by atoms with Crippen molar-refractivity contribution in [1.82, 2.24) is 9.88 Å². The third-order valence-electron chi connectivity index (χ3n) is 5.77. The van der Waals surface area contributed by atoms with Crippen LogP contribution in [-0.4, -0.2) is 34.8 Å². The van der Waals surface area contributed by atoms with Crippen molar-refractivity contribution < 1.29 is 9.59 Å². The molecular formula is C22H19N3O2. The summed E-state index contributed by atoms with van der Waals surface area (Å²) in [6.07, 6.45) is 3.26. The van der Waals surface area contributed by atoms with Crippen molar-refractivity contribution in [2.75, 3.05) is 18.4 Å². The van der Waals surface area contributed by atoms with E-state index in [0.29, 0.717) is 24.2 Å². The van der Waals surface area contributed by atoms with Crippen molar-refractivity contribution in [3.05, 3.63) is 71.9 Å². The topological polar surface area (TPSA) is 62.3 Å². The highest BCUT2D eigenvalue weighted by Gasteiger charge is 2.49. The first kappa shape index (κ1) is 16.0. The zero-order valence-corrected chi connectivity index (χ0v) is 14.8. The summed E-state index contributed by atoms with van der Waals surface area (Å²) in [5.74, 6) is -0.0622. The highest BCUT2D eigenvalue weighted by atomic mass is 16.2. The van der Waals surface area contributed by atoms with Gasteiger partial charge in [0.1, 0.15) is 0 Å². The van der Waals surface area contributed by atoms with Crippen molar-refractivity contribution >= 4 is 28.4 Å². The van der Waals surface area contributed by atoms with Crippen LogP contribution in [0.25, 0.3) is 10.9 Å². The average molecular weight is 357 g/mol. The second-order valence-corrected chi connectivity index (χ2v) is 7.29. The van der Waals surface area contributed by atoms with Crippen LogP contribution in [0.1, 0.15) is 28.8 Å². The maximum Gasteiger partial charge on any atom is 0.256 e. The van der Waals surface area contributed by atoms with Gasteiger partial charge in [0.05, 0.1) is 16.5 Å². The van der Waals surface area contributed by atoms with E-state index in [0.717, 1.165) is 29.5 Å². The minimum Gasteiger partial charge on any atom is -0.337 e. The van der Waals surface area contributed by atoms with Crippen molar-refractivity contribution in [3.63, 3.8) is 0 Å². The van der Waals surface area contributed by atoms with Crippen LogP contribution in [0.15, 0.2) is 60.8 Å². The van der Waals surface area contributed by atoms with Gasteiger partial charge in [0.25, 0.3) is 5.91 Å². The standard InChI is InChI=1S/C22H19N3O2/c26-20(16-8-3-6-15-7-4-12-23-19(15)16)25-13-5-11-22(14-25)17-9-1-2-10-18(17)24-21(22)27/h1-4,6-10,12H,5,11,13-14H2,(H,24,27)/t22-/m1/s1. The van der Waals surface area contributed by atoms with Crippen LogP contribution in [0.4, 0.5) is 5.69 Å². The molecule has 1 saturated heterocycles. The molecule has 1 fully saturated rings. The van der Waals surface area contributed by atoms with Crippen molar-refractivity contribution in [2.45, 2.75) is 18.3 Å². The number of nitrogens with one attached hydrogen (secondary N) is 1. The maximum atomic E-state index is 13.3. The van der Waals surface area contributed by atoms with Crippen LogP contribution in [0.5, 0.6) is 0 Å². The lowest BCUT2D eigenvalue weighted by molar-refractivity contribution is -0.122. The lowest BCUT2D eigenvalue weighted by Crippen LogP contribution is -2.51. The zero-order chi connectivity index (χ0) is 18.4. The van der Waals surface area contributed by atoms with E-state index in [9.17, 15) is 9.59 Å². The number of hydrogen-bond acceptors (Lipinski definition) is 3. The summed E-state index contributed by atoms with van der Waals surface area (Å²) < 4.78 is 0. The molecule has 27 heavy (non-hydrogen) atoms. The molecule has 1 aromatic heterocycles. The Hall–Kier alpha value is -3.21. The number of aromatic nitrogens is 1. The Bertz CT molecular complexity index is 1070. The van der Waals surface area contributed by atoms with Gasteiger partial charge in [-0.1, -0.05) is 36.4 Å². The van der Waals surface area contributed by atoms with E-state index in [4.69, 9.17) is 0 Å². The SMILES string of the molecule is O=C(c1cccc2cccnc12)N1CCC[C@]2(C1)C(=O)Nc1ccccc12. The molecule has 0 unspecified atom stereocenters. The number of rotatable bonds is 1. The van der Waals surface area contributed by atoms with Gasteiger partial charge in [0.2, 0.25) is 5.91 Å². The van der Waals surface area contributed by atoms with Gasteiger partial charge in [0.15, 0.2) is 0 Å². The molecule has 3 aromatic rings. The fourth-order valence-electron chi connectivity index (χ4n) is 4.45. The molecule has 2 aromatic carbocycles. The van der Waals surface area contributed by atoms with E-state index in [-0.39, 0.29) is 11.8 Å². The Kier molecular flexibility index (Phi) is 3.50. The second kappa shape index (κ2) is 5.91. The van der Waals surface area contributed by atoms with E-state index < -0.39 is 5.41 Å². The van der Waals surface area contributed by atoms with Gasteiger partial charge < -0.3 is 10.2 Å². The molecule has 2 aliphatic rings. The Labute approximate surface area is 157 Å². The number of piperidine rings is 1. The van der Waals surface area contributed by atoms with Crippen LogP contribution in [0.3, 0.4) is 0 Å². The number of amides is 2. The number of pyridine rings is 1. The molecule has 1 spiro atoms. The molecule has 2 amide bonds. The van der Waals surface area contributed by atoms with Crippen LogP contribution in [0, 0.1) is 0 Å². The Balaban J connectivity index is 1.53. The molecule has 3 heterocycles. The van der Waals surface area contributed by atoms with Gasteiger partial charge in [-0.3, -0.25) is 14.6 Å². The van der Waals surface area contributed by atoms with Crippen LogP contribution >= 0.6 is 0 Å². The van der Waals surface area contributed by atoms with E-state index in [1.165, 1.54) is 0 Å². The summed E-state index contributed by atoms with van der Waals surface area (Å²) in [5.41, 5.74) is 2.52. The number of likely N-dealkylation sites (tertiary alicyclic amines) is 1. The fourth-order valence-corrected chi connectivity index (χ4v) is 4.45. The molecule has 2 aliphatic heterocycles. The molecule has 5 heteroatoms. The second-order valence-electron chi connectivity index (χ2n) is 7.29. The molecule has 5 nitrogen and oxygen atoms in total. The first-order valence-corrected chi connectivity index (χ1v) is 9.23. The predicted molar refractivity (Wildman–Crippen MR) is 104 cm³/mol. The predicted octanol–water partition coefficient (Wildman–Crippen LogP) is 3.36. The summed E-state index contributed by atoms with van der Waals surface area (Å²) in [7, 11) is 0. The maximum absolute atomic E-state index is 13.3. The van der Waals surface area contributed by atoms with E-state index in [1.54, 1.807) is 6.20 Å². The zero-order valence-electron chi connectivity index (χ0n) is 14.8. The van der Waals surface area contributed by atoms with Gasteiger partial charge in [-0.2, -0.15) is 0 Å². The van der Waals surface area contributed by atoms with Crippen LogP contribution < -0.4 is 5.32 Å². The normalized spacial score (nSPS) is 21.3. The number of hydrogen-bond donors (Lipinski definition) is 1. The molecule has 0 bridgehead atoms. The monoisotopic (exact) mass is 357 g/mol. The quantitative estimate of drug-likeness (QED) is 0.726. The molecule has 5 rings (SSSR count). The molecule has 0 radical (unpaired) electrons. The van der Waals surface area contributed by atoms with Crippen molar-refractivity contribution in [3.8, 4) is 0 Å². The van der Waals surface area contributed by atoms with Gasteiger partial charge in [0, 0.05) is 30.4 Å². The van der Waals surface area contributed by atoms with Crippen LogP contribution in [0.2, 0.25) is 0 Å². The Morgan fingerprint density at radius 2 is 1.93 bits per heavy atom. The number of para-hydroxylation sites is 2. The van der Waals surface area contributed by atoms with Gasteiger partial charge in [-0.25, -0.2) is 0 Å². The number of carbonyl (C=O) groups excluding carboxylic acids is 2. The van der Waals surface area contributed by atoms with Crippen molar-refractivity contribution in [1.29, 1.82) is 0 Å². The van der Waals surface area contributed by atoms with E-state index in [2.05, 4.69) is 10.3 Å². The largest absolute Gasteiger partial charge is 0.337 e. The summed E-state index contributed by atoms with van der Waals surface area (Å²) in [6, 6.07) is 17.3. The van der Waals surface area contributed by atoms with Gasteiger partial charge >= 0.3 is 0 Å². The minimum absolute atomic E-state index is 0.00255. The number of nitrogens with zero attached hydrogens (tertiary/aromatic N) is 2. The summed E-state index contributed by atoms with van der Waals surface area (Å²) in [5, 5.41) is 3.94. The summed E-state index contributed by atoms with van der Waals surface area (Å²) >= 11 is 0. The third kappa shape index (κ3) is 2.35. The molecule has 134 valence electrons. The molecular weight excluding hydrogens is 338 g/mol. The van der Waals surface area contributed by atoms with E-state index >= 15 is 0 Å². The molecule has 1 atom stereocenters. The average Bonchev–Trinajstić information content (AvgIpc) is 2.98. The number of carbonyl (C=O) groups is 2. The first-order valence-electron chi connectivity index (χ1n) is 9.23. The first-order chi connectivity index (χ1) is 13.2. The van der Waals surface area contributed by atoms with Crippen LogP contribution in [-0.2, 0) is 10.2 Å². The van der Waals surface area contributed by atoms with Gasteiger partial charge in [-0.15, -0.1) is 0 Å². The number of fused-ring (bicyclic) bond motifs is 3.